The Hall–Kier alpha value is -3.21. The average molecular weight is 443 g/mol. The second-order valence-corrected chi connectivity index (χ2v) is 9.60. The van der Waals surface area contributed by atoms with Crippen molar-refractivity contribution in [3.63, 3.8) is 0 Å². The molecule has 2 aromatic carbocycles. The molecule has 5 nitrogen and oxygen atoms in total. The van der Waals surface area contributed by atoms with Crippen LogP contribution < -0.4 is 4.74 Å². The van der Waals surface area contributed by atoms with Gasteiger partial charge >= 0.3 is 5.97 Å². The van der Waals surface area contributed by atoms with Crippen molar-refractivity contribution in [2.45, 2.75) is 64.0 Å². The molecule has 0 bridgehead atoms. The second kappa shape index (κ2) is 7.98. The number of carboxylic acids is 1. The summed E-state index contributed by atoms with van der Waals surface area (Å²) in [5, 5.41) is 12.1. The molecule has 0 atom stereocenters. The fourth-order valence-electron chi connectivity index (χ4n) is 6.18. The number of carboxylic acid groups (broad SMARTS) is 1. The van der Waals surface area contributed by atoms with E-state index in [0.717, 1.165) is 37.2 Å². The maximum atomic E-state index is 11.8. The lowest BCUT2D eigenvalue weighted by atomic mass is 9.82. The van der Waals surface area contributed by atoms with Gasteiger partial charge < -0.3 is 19.0 Å². The smallest absolute Gasteiger partial charge is 0.335 e. The first-order chi connectivity index (χ1) is 16.2. The van der Waals surface area contributed by atoms with Crippen molar-refractivity contribution in [1.29, 1.82) is 0 Å². The van der Waals surface area contributed by atoms with Gasteiger partial charge in [-0.1, -0.05) is 25.3 Å². The molecule has 6 rings (SSSR count). The SMILES string of the molecule is COc1ccc2c(c1)cc1n2CCCCn2c-1c(C1CCCCC1)c1ccc(C(=O)O)cc12. The van der Waals surface area contributed by atoms with Gasteiger partial charge in [0.2, 0.25) is 0 Å². The Morgan fingerprint density at radius 3 is 2.45 bits per heavy atom. The summed E-state index contributed by atoms with van der Waals surface area (Å²) in [6.07, 6.45) is 8.44. The van der Waals surface area contributed by atoms with Crippen LogP contribution in [-0.2, 0) is 13.1 Å². The van der Waals surface area contributed by atoms with Crippen molar-refractivity contribution in [1.82, 2.24) is 9.13 Å². The van der Waals surface area contributed by atoms with Gasteiger partial charge in [0, 0.05) is 34.9 Å². The Labute approximate surface area is 193 Å². The molecule has 1 saturated carbocycles. The van der Waals surface area contributed by atoms with Crippen LogP contribution in [0.1, 0.15) is 66.8 Å². The van der Waals surface area contributed by atoms with E-state index in [2.05, 4.69) is 33.4 Å². The van der Waals surface area contributed by atoms with Gasteiger partial charge in [-0.3, -0.25) is 0 Å². The summed E-state index contributed by atoms with van der Waals surface area (Å²) in [4.78, 5) is 11.8. The molecule has 2 aliphatic rings. The van der Waals surface area contributed by atoms with Gasteiger partial charge in [-0.05, 0) is 73.6 Å². The summed E-state index contributed by atoms with van der Waals surface area (Å²) in [6.45, 7) is 1.92. The highest BCUT2D eigenvalue weighted by Crippen LogP contribution is 2.46. The molecule has 5 heteroatoms. The van der Waals surface area contributed by atoms with Crippen molar-refractivity contribution in [2.75, 3.05) is 7.11 Å². The minimum Gasteiger partial charge on any atom is -0.497 e. The summed E-state index contributed by atoms with van der Waals surface area (Å²) < 4.78 is 10.4. The van der Waals surface area contributed by atoms with E-state index in [1.54, 1.807) is 13.2 Å². The van der Waals surface area contributed by atoms with Gasteiger partial charge in [0.15, 0.2) is 0 Å². The number of nitrogens with zero attached hydrogens (tertiary/aromatic N) is 2. The average Bonchev–Trinajstić information content (AvgIpc) is 3.34. The number of aromatic carboxylic acids is 1. The monoisotopic (exact) mass is 442 g/mol. The molecule has 3 heterocycles. The molecule has 1 N–H and O–H groups in total. The molecule has 1 aliphatic heterocycles. The van der Waals surface area contributed by atoms with Crippen molar-refractivity contribution in [2.24, 2.45) is 0 Å². The molecular formula is C28H30N2O3. The van der Waals surface area contributed by atoms with E-state index in [4.69, 9.17) is 4.74 Å². The number of aromatic nitrogens is 2. The Kier molecular flexibility index (Phi) is 4.93. The van der Waals surface area contributed by atoms with E-state index >= 15 is 0 Å². The fraction of sp³-hybridized carbons (Fsp3) is 0.393. The van der Waals surface area contributed by atoms with E-state index in [9.17, 15) is 9.90 Å². The van der Waals surface area contributed by atoms with Gasteiger partial charge in [-0.15, -0.1) is 0 Å². The maximum absolute atomic E-state index is 11.8. The Morgan fingerprint density at radius 1 is 0.909 bits per heavy atom. The Balaban J connectivity index is 1.69. The normalized spacial score (nSPS) is 16.9. The van der Waals surface area contributed by atoms with Crippen molar-refractivity contribution < 1.29 is 14.6 Å². The summed E-state index contributed by atoms with van der Waals surface area (Å²) >= 11 is 0. The summed E-state index contributed by atoms with van der Waals surface area (Å²) in [6, 6.07) is 14.4. The van der Waals surface area contributed by atoms with Crippen molar-refractivity contribution in [3.05, 3.63) is 53.6 Å². The van der Waals surface area contributed by atoms with E-state index < -0.39 is 5.97 Å². The highest BCUT2D eigenvalue weighted by Gasteiger charge is 2.29. The van der Waals surface area contributed by atoms with Gasteiger partial charge in [0.1, 0.15) is 5.75 Å². The van der Waals surface area contributed by atoms with Crippen molar-refractivity contribution in [3.8, 4) is 17.1 Å². The second-order valence-electron chi connectivity index (χ2n) is 9.60. The van der Waals surface area contributed by atoms with Gasteiger partial charge in [-0.25, -0.2) is 4.79 Å². The van der Waals surface area contributed by atoms with Crippen LogP contribution in [0.2, 0.25) is 0 Å². The van der Waals surface area contributed by atoms with E-state index in [0.29, 0.717) is 11.5 Å². The van der Waals surface area contributed by atoms with Crippen LogP contribution >= 0.6 is 0 Å². The van der Waals surface area contributed by atoms with Gasteiger partial charge in [0.25, 0.3) is 0 Å². The highest BCUT2D eigenvalue weighted by molar-refractivity contribution is 5.99. The zero-order chi connectivity index (χ0) is 22.5. The standard InChI is InChI=1S/C28H30N2O3/c1-33-21-10-12-23-20(15-21)17-25-27-26(18-7-3-2-4-8-18)22-11-9-19(28(31)32)16-24(22)30(27)14-6-5-13-29(23)25/h9-12,15-18H,2-8,13-14H2,1H3,(H,31,32). The van der Waals surface area contributed by atoms with Gasteiger partial charge in [0.05, 0.1) is 24.1 Å². The third-order valence-corrected chi connectivity index (χ3v) is 7.73. The van der Waals surface area contributed by atoms with E-state index in [-0.39, 0.29) is 0 Å². The van der Waals surface area contributed by atoms with E-state index in [1.165, 1.54) is 65.3 Å². The number of carbonyl (C=O) groups is 1. The van der Waals surface area contributed by atoms with Crippen LogP contribution in [-0.4, -0.2) is 27.3 Å². The predicted octanol–water partition coefficient (Wildman–Crippen LogP) is 6.81. The zero-order valence-corrected chi connectivity index (χ0v) is 19.1. The topological polar surface area (TPSA) is 56.4 Å². The highest BCUT2D eigenvalue weighted by atomic mass is 16.5. The number of aryl methyl sites for hydroxylation is 2. The zero-order valence-electron chi connectivity index (χ0n) is 19.1. The van der Waals surface area contributed by atoms with Crippen molar-refractivity contribution >= 4 is 27.8 Å². The number of ether oxygens (including phenoxy) is 1. The summed E-state index contributed by atoms with van der Waals surface area (Å²) in [5.41, 5.74) is 6.66. The lowest BCUT2D eigenvalue weighted by Gasteiger charge is -2.25. The van der Waals surface area contributed by atoms with Crippen LogP contribution in [0, 0.1) is 0 Å². The fourth-order valence-corrected chi connectivity index (χ4v) is 6.18. The summed E-state index contributed by atoms with van der Waals surface area (Å²) in [7, 11) is 1.71. The molecule has 33 heavy (non-hydrogen) atoms. The first-order valence-electron chi connectivity index (χ1n) is 12.2. The molecule has 1 fully saturated rings. The summed E-state index contributed by atoms with van der Waals surface area (Å²) in [5.74, 6) is 0.535. The lowest BCUT2D eigenvalue weighted by molar-refractivity contribution is 0.0697. The minimum absolute atomic E-state index is 0.366. The van der Waals surface area contributed by atoms with Gasteiger partial charge in [-0.2, -0.15) is 0 Å². The molecule has 0 saturated heterocycles. The molecule has 4 aromatic rings. The number of methoxy groups -OCH3 is 1. The lowest BCUT2D eigenvalue weighted by Crippen LogP contribution is -2.12. The molecule has 170 valence electrons. The number of benzene rings is 2. The third-order valence-electron chi connectivity index (χ3n) is 7.73. The van der Waals surface area contributed by atoms with Crippen LogP contribution in [0.4, 0.5) is 0 Å². The number of hydrogen-bond acceptors (Lipinski definition) is 2. The Bertz CT molecular complexity index is 1370. The van der Waals surface area contributed by atoms with E-state index in [1.807, 2.05) is 12.1 Å². The van der Waals surface area contributed by atoms with Crippen LogP contribution in [0.25, 0.3) is 33.2 Å². The number of fused-ring (bicyclic) bond motifs is 7. The quantitative estimate of drug-likeness (QED) is 0.379. The first-order valence-corrected chi connectivity index (χ1v) is 12.2. The number of hydrogen-bond donors (Lipinski definition) is 1. The Morgan fingerprint density at radius 2 is 1.70 bits per heavy atom. The molecule has 0 radical (unpaired) electrons. The van der Waals surface area contributed by atoms with Crippen LogP contribution in [0.15, 0.2) is 42.5 Å². The third kappa shape index (κ3) is 3.25. The maximum Gasteiger partial charge on any atom is 0.335 e. The molecule has 0 spiro atoms. The first kappa shape index (κ1) is 20.4. The predicted molar refractivity (Wildman–Crippen MR) is 131 cm³/mol. The molecule has 0 amide bonds. The van der Waals surface area contributed by atoms with Crippen LogP contribution in [0.5, 0.6) is 5.75 Å². The number of rotatable bonds is 3. The largest absolute Gasteiger partial charge is 0.497 e. The molecule has 1 aliphatic carbocycles. The molecule has 2 aromatic heterocycles. The molecule has 0 unspecified atom stereocenters. The minimum atomic E-state index is -0.862. The molecular weight excluding hydrogens is 412 g/mol. The van der Waals surface area contributed by atoms with Crippen LogP contribution in [0.3, 0.4) is 0 Å².